The maximum Gasteiger partial charge on any atom is 0.329 e. The fourth-order valence-corrected chi connectivity index (χ4v) is 4.80. The minimum Gasteiger partial charge on any atom is -0.480 e. The maximum atomic E-state index is 13.1. The van der Waals surface area contributed by atoms with Gasteiger partial charge in [-0.25, -0.2) is 4.79 Å². The Morgan fingerprint density at radius 2 is 1.46 bits per heavy atom. The van der Waals surface area contributed by atoms with Gasteiger partial charge in [0.2, 0.25) is 23.6 Å². The zero-order valence-corrected chi connectivity index (χ0v) is 26.6. The average molecular weight is 679 g/mol. The number of piperidine rings is 1. The first-order valence-electron chi connectivity index (χ1n) is 15.7. The number of nitrogens with zero attached hydrogens (tertiary/aromatic N) is 1. The zero-order chi connectivity index (χ0) is 34.7. The van der Waals surface area contributed by atoms with Crippen molar-refractivity contribution in [2.75, 3.05) is 77.9 Å². The molecule has 1 atom stereocenters. The number of nitrogens with one attached hydrogen (secondary N) is 3. The van der Waals surface area contributed by atoms with Gasteiger partial charge in [-0.2, -0.15) is 0 Å². The predicted octanol–water partition coefficient (Wildman–Crippen LogP) is -0.129. The summed E-state index contributed by atoms with van der Waals surface area (Å²) in [5.74, 6) is -4.34. The number of carbonyl (C=O) groups excluding carboxylic acids is 6. The Kier molecular flexibility index (Phi) is 16.6. The van der Waals surface area contributed by atoms with Crippen molar-refractivity contribution in [3.63, 3.8) is 0 Å². The molecule has 0 aliphatic carbocycles. The van der Waals surface area contributed by atoms with Gasteiger partial charge in [-0.05, 0) is 31.4 Å². The van der Waals surface area contributed by atoms with Crippen molar-refractivity contribution in [2.45, 2.75) is 44.6 Å². The Hall–Kier alpha value is -4.29. The molecule has 17 heteroatoms. The van der Waals surface area contributed by atoms with E-state index in [1.807, 2.05) is 0 Å². The van der Waals surface area contributed by atoms with Gasteiger partial charge in [0.1, 0.15) is 19.3 Å². The van der Waals surface area contributed by atoms with Crippen LogP contribution < -0.4 is 16.0 Å². The van der Waals surface area contributed by atoms with Gasteiger partial charge in [0.25, 0.3) is 11.8 Å². The van der Waals surface area contributed by atoms with Crippen LogP contribution in [-0.4, -0.2) is 130 Å². The van der Waals surface area contributed by atoms with E-state index in [2.05, 4.69) is 20.7 Å². The highest BCUT2D eigenvalue weighted by molar-refractivity contribution is 6.26. The monoisotopic (exact) mass is 678 g/mol. The van der Waals surface area contributed by atoms with Crippen LogP contribution in [0.5, 0.6) is 0 Å². The lowest BCUT2D eigenvalue weighted by atomic mass is 10.0. The first kappa shape index (κ1) is 38.2. The molecule has 2 aliphatic rings. The third-order valence-corrected chi connectivity index (χ3v) is 7.08. The van der Waals surface area contributed by atoms with Gasteiger partial charge in [-0.3, -0.25) is 39.0 Å². The highest BCUT2D eigenvalue weighted by atomic mass is 16.6. The van der Waals surface area contributed by atoms with Crippen molar-refractivity contribution in [3.05, 3.63) is 29.3 Å². The summed E-state index contributed by atoms with van der Waals surface area (Å²) in [5, 5.41) is 15.8. The third-order valence-electron chi connectivity index (χ3n) is 7.08. The number of anilines is 1. The number of carbonyl (C=O) groups is 7. The van der Waals surface area contributed by atoms with E-state index in [-0.39, 0.29) is 61.7 Å². The Bertz CT molecular complexity index is 1300. The second-order valence-electron chi connectivity index (χ2n) is 10.7. The molecule has 1 aromatic carbocycles. The lowest BCUT2D eigenvalue weighted by Gasteiger charge is -2.27. The van der Waals surface area contributed by atoms with E-state index in [0.29, 0.717) is 52.7 Å². The largest absolute Gasteiger partial charge is 0.480 e. The molecule has 0 radical (unpaired) electrons. The molecule has 1 fully saturated rings. The van der Waals surface area contributed by atoms with Gasteiger partial charge in [0.15, 0.2) is 0 Å². The quantitative estimate of drug-likeness (QED) is 0.0827. The molecular formula is C31H42N4O13. The van der Waals surface area contributed by atoms with Crippen molar-refractivity contribution in [2.24, 2.45) is 0 Å². The van der Waals surface area contributed by atoms with Gasteiger partial charge in [-0.15, -0.1) is 0 Å². The van der Waals surface area contributed by atoms with E-state index in [1.54, 1.807) is 6.07 Å². The minimum absolute atomic E-state index is 0.0201. The first-order chi connectivity index (χ1) is 23.2. The molecule has 0 saturated carbocycles. The van der Waals surface area contributed by atoms with Gasteiger partial charge >= 0.3 is 5.97 Å². The molecule has 0 spiro atoms. The van der Waals surface area contributed by atoms with E-state index in [9.17, 15) is 33.6 Å². The number of ether oxygens (including phenoxy) is 5. The number of aliphatic carboxylic acids is 1. The summed E-state index contributed by atoms with van der Waals surface area (Å²) in [7, 11) is 0. The highest BCUT2D eigenvalue weighted by Gasteiger charge is 2.45. The number of amides is 6. The molecule has 0 aromatic heterocycles. The second kappa shape index (κ2) is 20.8. The fraction of sp³-hybridized carbons (Fsp3) is 0.581. The smallest absolute Gasteiger partial charge is 0.329 e. The number of unbranched alkanes of at least 4 members (excludes halogenated alkanes) is 2. The molecule has 0 bridgehead atoms. The molecule has 6 amide bonds. The van der Waals surface area contributed by atoms with Crippen molar-refractivity contribution < 1.29 is 62.4 Å². The summed E-state index contributed by atoms with van der Waals surface area (Å²) >= 11 is 0. The molecule has 1 aromatic rings. The molecule has 17 nitrogen and oxygen atoms in total. The number of fused-ring (bicyclic) bond motifs is 1. The minimum atomic E-state index is -1.14. The van der Waals surface area contributed by atoms with Crippen LogP contribution in [0.3, 0.4) is 0 Å². The number of hydrogen-bond acceptors (Lipinski definition) is 12. The Morgan fingerprint density at radius 3 is 2.12 bits per heavy atom. The molecule has 3 rings (SSSR count). The lowest BCUT2D eigenvalue weighted by molar-refractivity contribution is -0.143. The summed E-state index contributed by atoms with van der Waals surface area (Å²) in [5.41, 5.74) is 0.342. The number of carboxylic acids is 1. The van der Waals surface area contributed by atoms with E-state index in [0.717, 1.165) is 17.7 Å². The standard InChI is InChI=1S/C31H42N4O13/c36-24(33-22-6-4-5-21-28(22)31(43)35(30(21)42)23-8-9-25(37)34-29(23)41)7-2-1-3-11-44-13-15-46-17-18-47-16-14-45-12-10-32-26(38)19-48-20-27(39)40/h4-6,23H,1-3,7-20H2,(H,32,38)(H,33,36)(H,39,40)(H,34,37,41). The Morgan fingerprint density at radius 1 is 0.792 bits per heavy atom. The molecule has 48 heavy (non-hydrogen) atoms. The molecule has 1 unspecified atom stereocenters. The second-order valence-corrected chi connectivity index (χ2v) is 10.7. The first-order valence-corrected chi connectivity index (χ1v) is 15.7. The third kappa shape index (κ3) is 12.7. The van der Waals surface area contributed by atoms with Crippen LogP contribution in [0.4, 0.5) is 5.69 Å². The van der Waals surface area contributed by atoms with Crippen LogP contribution >= 0.6 is 0 Å². The summed E-state index contributed by atoms with van der Waals surface area (Å²) in [6.45, 7) is 2.51. The van der Waals surface area contributed by atoms with E-state index < -0.39 is 48.2 Å². The SMILES string of the molecule is O=C(O)COCC(=O)NCCOCCOCCOCCOCCCCCC(=O)Nc1cccc2c1C(=O)N(C1CCC(=O)NC1=O)C2=O. The molecular weight excluding hydrogens is 636 g/mol. The van der Waals surface area contributed by atoms with Gasteiger partial charge in [0.05, 0.1) is 63.1 Å². The van der Waals surface area contributed by atoms with Crippen molar-refractivity contribution in [3.8, 4) is 0 Å². The summed E-state index contributed by atoms with van der Waals surface area (Å²) < 4.78 is 26.4. The number of carboxylic acid groups (broad SMARTS) is 1. The Balaban J connectivity index is 1.15. The van der Waals surface area contributed by atoms with Crippen LogP contribution in [0.25, 0.3) is 0 Å². The van der Waals surface area contributed by atoms with Crippen molar-refractivity contribution in [1.29, 1.82) is 0 Å². The zero-order valence-electron chi connectivity index (χ0n) is 26.6. The van der Waals surface area contributed by atoms with E-state index in [1.165, 1.54) is 12.1 Å². The molecule has 2 aliphatic heterocycles. The normalized spacial score (nSPS) is 15.8. The predicted molar refractivity (Wildman–Crippen MR) is 165 cm³/mol. The maximum absolute atomic E-state index is 13.1. The fourth-order valence-electron chi connectivity index (χ4n) is 4.80. The van der Waals surface area contributed by atoms with Crippen LogP contribution in [0.1, 0.15) is 59.2 Å². The van der Waals surface area contributed by atoms with Crippen molar-refractivity contribution >= 4 is 47.1 Å². The number of rotatable bonds is 24. The molecule has 1 saturated heterocycles. The summed E-state index contributed by atoms with van der Waals surface area (Å²) in [6, 6.07) is 3.48. The van der Waals surface area contributed by atoms with Crippen molar-refractivity contribution in [1.82, 2.24) is 15.5 Å². The van der Waals surface area contributed by atoms with Crippen LogP contribution in [0.15, 0.2) is 18.2 Å². The molecule has 264 valence electrons. The number of hydrogen-bond donors (Lipinski definition) is 4. The average Bonchev–Trinajstić information content (AvgIpc) is 3.30. The lowest BCUT2D eigenvalue weighted by Crippen LogP contribution is -2.54. The van der Waals surface area contributed by atoms with Gasteiger partial charge in [-0.1, -0.05) is 12.5 Å². The molecule has 2 heterocycles. The summed E-state index contributed by atoms with van der Waals surface area (Å²) in [6.07, 6.45) is 2.35. The Labute approximate surface area is 276 Å². The van der Waals surface area contributed by atoms with E-state index in [4.69, 9.17) is 24.1 Å². The van der Waals surface area contributed by atoms with Crippen LogP contribution in [0, 0.1) is 0 Å². The topological polar surface area (TPSA) is 225 Å². The van der Waals surface area contributed by atoms with Crippen LogP contribution in [0.2, 0.25) is 0 Å². The highest BCUT2D eigenvalue weighted by Crippen LogP contribution is 2.32. The summed E-state index contributed by atoms with van der Waals surface area (Å²) in [4.78, 5) is 85.0. The number of benzene rings is 1. The number of imide groups is 2. The molecule has 4 N–H and O–H groups in total. The van der Waals surface area contributed by atoms with Gasteiger partial charge in [0, 0.05) is 26.0 Å². The van der Waals surface area contributed by atoms with Gasteiger partial charge < -0.3 is 39.4 Å². The van der Waals surface area contributed by atoms with Crippen LogP contribution in [-0.2, 0) is 47.7 Å². The van der Waals surface area contributed by atoms with E-state index >= 15 is 0 Å².